The number of nitrogens with zero attached hydrogens (tertiary/aromatic N) is 3. The van der Waals surface area contributed by atoms with E-state index < -0.39 is 20.7 Å². The molecule has 0 aliphatic rings. The van der Waals surface area contributed by atoms with Crippen LogP contribution in [0.2, 0.25) is 0 Å². The molecule has 0 saturated carbocycles. The number of aromatic nitrogens is 3. The van der Waals surface area contributed by atoms with Gasteiger partial charge in [-0.2, -0.15) is 0 Å². The van der Waals surface area contributed by atoms with Crippen molar-refractivity contribution in [2.45, 2.75) is 4.90 Å². The fraction of sp³-hybridized carbons (Fsp3) is 0.0500. The zero-order valence-corrected chi connectivity index (χ0v) is 16.4. The van der Waals surface area contributed by atoms with Gasteiger partial charge < -0.3 is 4.74 Å². The molecule has 152 valence electrons. The van der Waals surface area contributed by atoms with E-state index in [4.69, 9.17) is 4.74 Å². The lowest BCUT2D eigenvalue weighted by Crippen LogP contribution is -2.15. The predicted molar refractivity (Wildman–Crippen MR) is 108 cm³/mol. The molecule has 0 saturated heterocycles. The minimum absolute atomic E-state index is 0.0123. The van der Waals surface area contributed by atoms with E-state index in [-0.39, 0.29) is 17.1 Å². The van der Waals surface area contributed by atoms with E-state index in [2.05, 4.69) is 14.7 Å². The van der Waals surface area contributed by atoms with Gasteiger partial charge in [0.2, 0.25) is 5.88 Å². The molecule has 10 heteroatoms. The van der Waals surface area contributed by atoms with Crippen LogP contribution in [-0.4, -0.2) is 29.9 Å². The molecule has 0 fully saturated rings. The second-order valence-corrected chi connectivity index (χ2v) is 7.90. The summed E-state index contributed by atoms with van der Waals surface area (Å²) in [5.41, 5.74) is 1.34. The largest absolute Gasteiger partial charge is 0.480 e. The highest BCUT2D eigenvalue weighted by Gasteiger charge is 2.21. The fourth-order valence-electron chi connectivity index (χ4n) is 2.91. The molecule has 0 amide bonds. The van der Waals surface area contributed by atoms with Gasteiger partial charge in [-0.1, -0.05) is 12.1 Å². The van der Waals surface area contributed by atoms with Crippen LogP contribution in [0.1, 0.15) is 0 Å². The smallest absolute Gasteiger partial charge is 0.264 e. The molecule has 30 heavy (non-hydrogen) atoms. The summed E-state index contributed by atoms with van der Waals surface area (Å²) in [7, 11) is -2.89. The molecule has 4 aromatic rings. The first kappa shape index (κ1) is 19.5. The molecule has 0 spiro atoms. The van der Waals surface area contributed by atoms with Crippen molar-refractivity contribution in [1.82, 2.24) is 14.4 Å². The summed E-state index contributed by atoms with van der Waals surface area (Å²) >= 11 is 0. The van der Waals surface area contributed by atoms with Crippen LogP contribution in [0.3, 0.4) is 0 Å². The molecule has 3 heterocycles. The first-order valence-electron chi connectivity index (χ1n) is 8.68. The van der Waals surface area contributed by atoms with Crippen LogP contribution < -0.4 is 15.0 Å². The lowest BCUT2D eigenvalue weighted by Gasteiger charge is -2.13. The van der Waals surface area contributed by atoms with Crippen molar-refractivity contribution in [2.75, 3.05) is 11.8 Å². The zero-order chi connectivity index (χ0) is 21.3. The minimum atomic E-state index is -4.23. The van der Waals surface area contributed by atoms with Crippen molar-refractivity contribution in [2.24, 2.45) is 0 Å². The van der Waals surface area contributed by atoms with Crippen LogP contribution in [0.4, 0.5) is 10.1 Å². The number of rotatable bonds is 5. The van der Waals surface area contributed by atoms with Gasteiger partial charge >= 0.3 is 0 Å². The number of pyridine rings is 2. The maximum Gasteiger partial charge on any atom is 0.264 e. The van der Waals surface area contributed by atoms with Crippen LogP contribution in [0.5, 0.6) is 5.88 Å². The molecule has 0 unspecified atom stereocenters. The lowest BCUT2D eigenvalue weighted by molar-refractivity contribution is 0.400. The second-order valence-electron chi connectivity index (χ2n) is 6.25. The number of sulfonamides is 1. The summed E-state index contributed by atoms with van der Waals surface area (Å²) in [5, 5.41) is 0. The van der Waals surface area contributed by atoms with Crippen molar-refractivity contribution >= 4 is 21.4 Å². The number of halogens is 1. The van der Waals surface area contributed by atoms with Crippen molar-refractivity contribution in [3.05, 3.63) is 83.3 Å². The summed E-state index contributed by atoms with van der Waals surface area (Å²) in [6.45, 7) is 0. The predicted octanol–water partition coefficient (Wildman–Crippen LogP) is 2.71. The third kappa shape index (κ3) is 3.60. The van der Waals surface area contributed by atoms with E-state index in [1.165, 1.54) is 48.2 Å². The van der Waals surface area contributed by atoms with Gasteiger partial charge in [0.25, 0.3) is 15.6 Å². The number of anilines is 1. The van der Waals surface area contributed by atoms with Crippen molar-refractivity contribution in [3.63, 3.8) is 0 Å². The summed E-state index contributed by atoms with van der Waals surface area (Å²) in [5.74, 6) is -0.868. The number of nitrogens with one attached hydrogen (secondary N) is 1. The van der Waals surface area contributed by atoms with Gasteiger partial charge in [0.15, 0.2) is 0 Å². The average molecular weight is 426 g/mol. The SMILES string of the molecule is COc1ncc(-c2ccc3nccc(=O)n3c2)cc1NS(=O)(=O)c1ccccc1F. The van der Waals surface area contributed by atoms with E-state index in [1.54, 1.807) is 18.3 Å². The quantitative estimate of drug-likeness (QED) is 0.526. The molecule has 0 radical (unpaired) electrons. The molecular formula is C20H15FN4O4S. The Morgan fingerprint density at radius 1 is 1.07 bits per heavy atom. The molecule has 1 N–H and O–H groups in total. The number of hydrogen-bond donors (Lipinski definition) is 1. The van der Waals surface area contributed by atoms with E-state index in [0.29, 0.717) is 16.8 Å². The van der Waals surface area contributed by atoms with Crippen LogP contribution in [0.25, 0.3) is 16.8 Å². The summed E-state index contributed by atoms with van der Waals surface area (Å²) < 4.78 is 48.2. The Morgan fingerprint density at radius 3 is 2.63 bits per heavy atom. The van der Waals surface area contributed by atoms with Crippen LogP contribution in [0, 0.1) is 5.82 Å². The van der Waals surface area contributed by atoms with E-state index >= 15 is 0 Å². The van der Waals surface area contributed by atoms with Gasteiger partial charge in [-0.15, -0.1) is 0 Å². The molecule has 1 aromatic carbocycles. The standard InChI is InChI=1S/C20H15FN4O4S/c1-29-20-16(24-30(27,28)17-5-3-2-4-15(17)21)10-14(11-23-20)13-6-7-18-22-9-8-19(26)25(18)12-13/h2-12,24H,1H3. The summed E-state index contributed by atoms with van der Waals surface area (Å²) in [6.07, 6.45) is 4.47. The Bertz CT molecular complexity index is 1420. The molecular weight excluding hydrogens is 411 g/mol. The number of hydrogen-bond acceptors (Lipinski definition) is 6. The van der Waals surface area contributed by atoms with Crippen LogP contribution in [-0.2, 0) is 10.0 Å². The van der Waals surface area contributed by atoms with Crippen LogP contribution >= 0.6 is 0 Å². The normalized spacial score (nSPS) is 11.4. The Balaban J connectivity index is 1.79. The van der Waals surface area contributed by atoms with E-state index in [9.17, 15) is 17.6 Å². The summed E-state index contributed by atoms with van der Waals surface area (Å²) in [6, 6.07) is 11.2. The Hall–Kier alpha value is -3.79. The zero-order valence-electron chi connectivity index (χ0n) is 15.6. The highest BCUT2D eigenvalue weighted by atomic mass is 32.2. The third-order valence-electron chi connectivity index (χ3n) is 4.34. The molecule has 0 aliphatic heterocycles. The molecule has 8 nitrogen and oxygen atoms in total. The summed E-state index contributed by atoms with van der Waals surface area (Å²) in [4.78, 5) is 19.8. The maximum absolute atomic E-state index is 14.0. The molecule has 0 atom stereocenters. The first-order chi connectivity index (χ1) is 14.4. The monoisotopic (exact) mass is 426 g/mol. The number of benzene rings is 1. The Labute approximate surface area is 170 Å². The maximum atomic E-state index is 14.0. The molecule has 4 rings (SSSR count). The lowest BCUT2D eigenvalue weighted by atomic mass is 10.1. The third-order valence-corrected chi connectivity index (χ3v) is 5.74. The average Bonchev–Trinajstić information content (AvgIpc) is 2.74. The Kier molecular flexibility index (Phi) is 4.92. The number of ether oxygens (including phenoxy) is 1. The number of methoxy groups -OCH3 is 1. The second kappa shape index (κ2) is 7.56. The molecule has 3 aromatic heterocycles. The number of fused-ring (bicyclic) bond motifs is 1. The van der Waals surface area contributed by atoms with Crippen molar-refractivity contribution < 1.29 is 17.5 Å². The van der Waals surface area contributed by atoms with Gasteiger partial charge in [-0.05, 0) is 30.3 Å². The molecule has 0 aliphatic carbocycles. The van der Waals surface area contributed by atoms with E-state index in [0.717, 1.165) is 12.1 Å². The highest BCUT2D eigenvalue weighted by Crippen LogP contribution is 2.30. The van der Waals surface area contributed by atoms with Crippen molar-refractivity contribution in [1.29, 1.82) is 0 Å². The van der Waals surface area contributed by atoms with Gasteiger partial charge in [-0.25, -0.2) is 22.8 Å². The Morgan fingerprint density at radius 2 is 1.87 bits per heavy atom. The first-order valence-corrected chi connectivity index (χ1v) is 10.2. The molecule has 0 bridgehead atoms. The highest BCUT2D eigenvalue weighted by molar-refractivity contribution is 7.92. The van der Waals surface area contributed by atoms with Gasteiger partial charge in [0.1, 0.15) is 22.0 Å². The van der Waals surface area contributed by atoms with Gasteiger partial charge in [-0.3, -0.25) is 13.9 Å². The fourth-order valence-corrected chi connectivity index (χ4v) is 4.04. The van der Waals surface area contributed by atoms with Gasteiger partial charge in [0, 0.05) is 35.8 Å². The topological polar surface area (TPSA) is 103 Å². The minimum Gasteiger partial charge on any atom is -0.480 e. The van der Waals surface area contributed by atoms with E-state index in [1.807, 2.05) is 0 Å². The van der Waals surface area contributed by atoms with Crippen LogP contribution in [0.15, 0.2) is 76.8 Å². The van der Waals surface area contributed by atoms with Gasteiger partial charge in [0.05, 0.1) is 7.11 Å². The van der Waals surface area contributed by atoms with Crippen molar-refractivity contribution in [3.8, 4) is 17.0 Å².